The monoisotopic (exact) mass is 511 g/mol. The van der Waals surface area contributed by atoms with Crippen molar-refractivity contribution in [1.29, 1.82) is 0 Å². The zero-order chi connectivity index (χ0) is 26.5. The van der Waals surface area contributed by atoms with E-state index in [9.17, 15) is 4.79 Å². The topological polar surface area (TPSA) is 65.8 Å². The molecule has 0 radical (unpaired) electrons. The van der Waals surface area contributed by atoms with Crippen LogP contribution < -0.4 is 9.47 Å². The molecule has 0 spiro atoms. The smallest absolute Gasteiger partial charge is 0.254 e. The first kappa shape index (κ1) is 25.5. The summed E-state index contributed by atoms with van der Waals surface area (Å²) in [7, 11) is 3.47. The van der Waals surface area contributed by atoms with E-state index in [4.69, 9.17) is 19.3 Å². The average molecular weight is 512 g/mol. The number of rotatable bonds is 9. The molecule has 1 saturated heterocycles. The lowest BCUT2D eigenvalue weighted by Crippen LogP contribution is -2.37. The first-order valence-corrected chi connectivity index (χ1v) is 12.9. The number of nitrogens with zero attached hydrogens (tertiary/aromatic N) is 3. The van der Waals surface area contributed by atoms with Crippen LogP contribution in [0.3, 0.4) is 0 Å². The van der Waals surface area contributed by atoms with Crippen LogP contribution in [0.1, 0.15) is 34.3 Å². The summed E-state index contributed by atoms with van der Waals surface area (Å²) < 4.78 is 19.5. The van der Waals surface area contributed by atoms with E-state index in [1.165, 1.54) is 0 Å². The van der Waals surface area contributed by atoms with Gasteiger partial charge in [-0.1, -0.05) is 48.5 Å². The van der Waals surface area contributed by atoms with E-state index in [1.54, 1.807) is 17.9 Å². The van der Waals surface area contributed by atoms with Gasteiger partial charge in [0.15, 0.2) is 0 Å². The fraction of sp³-hybridized carbons (Fsp3) is 0.290. The number of ether oxygens (including phenoxy) is 3. The lowest BCUT2D eigenvalue weighted by atomic mass is 10.1. The van der Waals surface area contributed by atoms with Gasteiger partial charge in [-0.3, -0.25) is 4.79 Å². The van der Waals surface area contributed by atoms with E-state index in [1.807, 2.05) is 91.7 Å². The molecule has 1 aliphatic rings. The van der Waals surface area contributed by atoms with Gasteiger partial charge in [0.2, 0.25) is 5.88 Å². The second kappa shape index (κ2) is 11.5. The molecule has 1 aromatic heterocycles. The van der Waals surface area contributed by atoms with Gasteiger partial charge in [0.25, 0.3) is 5.91 Å². The van der Waals surface area contributed by atoms with Crippen LogP contribution in [-0.4, -0.2) is 47.0 Å². The van der Waals surface area contributed by atoms with Crippen LogP contribution in [0.4, 0.5) is 0 Å². The zero-order valence-corrected chi connectivity index (χ0v) is 22.1. The number of aromatic nitrogens is 2. The van der Waals surface area contributed by atoms with Crippen molar-refractivity contribution in [2.45, 2.75) is 32.4 Å². The van der Waals surface area contributed by atoms with E-state index in [0.717, 1.165) is 47.6 Å². The highest BCUT2D eigenvalue weighted by atomic mass is 16.5. The average Bonchev–Trinajstić information content (AvgIpc) is 3.56. The second-order valence-electron chi connectivity index (χ2n) is 9.59. The molecule has 2 heterocycles. The van der Waals surface area contributed by atoms with Crippen molar-refractivity contribution < 1.29 is 19.0 Å². The van der Waals surface area contributed by atoms with Gasteiger partial charge in [-0.05, 0) is 55.7 Å². The number of hydrogen-bond donors (Lipinski definition) is 0. The quantitative estimate of drug-likeness (QED) is 0.275. The van der Waals surface area contributed by atoms with Crippen molar-refractivity contribution in [1.82, 2.24) is 14.7 Å². The molecule has 3 aromatic carbocycles. The molecule has 0 unspecified atom stereocenters. The zero-order valence-electron chi connectivity index (χ0n) is 22.1. The number of amides is 1. The summed E-state index contributed by atoms with van der Waals surface area (Å²) in [6.07, 6.45) is 1.91. The van der Waals surface area contributed by atoms with Crippen molar-refractivity contribution in [3.8, 4) is 28.6 Å². The van der Waals surface area contributed by atoms with E-state index in [-0.39, 0.29) is 12.0 Å². The van der Waals surface area contributed by atoms with Gasteiger partial charge in [-0.25, -0.2) is 4.68 Å². The van der Waals surface area contributed by atoms with Gasteiger partial charge in [-0.15, -0.1) is 0 Å². The van der Waals surface area contributed by atoms with Crippen LogP contribution >= 0.6 is 0 Å². The first-order chi connectivity index (χ1) is 18.5. The molecule has 1 amide bonds. The van der Waals surface area contributed by atoms with Gasteiger partial charge in [0.1, 0.15) is 17.2 Å². The SMILES string of the molecule is COc1cccc(C(=O)N(Cc2c(-c3ccccc3)nn(C)c2Oc2cccc(C)c2)C[C@@H]2CCCO2)c1. The van der Waals surface area contributed by atoms with Gasteiger partial charge >= 0.3 is 0 Å². The third kappa shape index (κ3) is 5.73. The highest BCUT2D eigenvalue weighted by Gasteiger charge is 2.28. The Kier molecular flexibility index (Phi) is 7.75. The summed E-state index contributed by atoms with van der Waals surface area (Å²) in [4.78, 5) is 15.8. The summed E-state index contributed by atoms with van der Waals surface area (Å²) in [6, 6.07) is 25.2. The molecular weight excluding hydrogens is 478 g/mol. The number of benzene rings is 3. The lowest BCUT2D eigenvalue weighted by Gasteiger charge is -2.26. The number of carbonyl (C=O) groups excluding carboxylic acids is 1. The maximum absolute atomic E-state index is 13.9. The Balaban J connectivity index is 1.56. The van der Waals surface area contributed by atoms with E-state index in [0.29, 0.717) is 30.3 Å². The summed E-state index contributed by atoms with van der Waals surface area (Å²) in [5.74, 6) is 1.87. The van der Waals surface area contributed by atoms with Gasteiger partial charge < -0.3 is 19.1 Å². The molecule has 0 N–H and O–H groups in total. The molecule has 7 heteroatoms. The van der Waals surface area contributed by atoms with Crippen LogP contribution in [0.5, 0.6) is 17.4 Å². The second-order valence-corrected chi connectivity index (χ2v) is 9.59. The van der Waals surface area contributed by atoms with Gasteiger partial charge in [0.05, 0.1) is 25.3 Å². The Morgan fingerprint density at radius 1 is 1.05 bits per heavy atom. The standard InChI is InChI=1S/C31H33N3O4/c1-22-10-7-15-26(18-22)38-31-28(29(32-33(31)2)23-11-5-4-6-12-23)21-34(20-27-16-9-17-37-27)30(35)24-13-8-14-25(19-24)36-3/h4-8,10-15,18-19,27H,9,16-17,20-21H2,1-3H3/t27-/m0/s1. The number of carbonyl (C=O) groups is 1. The van der Waals surface area contributed by atoms with E-state index < -0.39 is 0 Å². The predicted octanol–water partition coefficient (Wildman–Crippen LogP) is 6.02. The Hall–Kier alpha value is -4.10. The van der Waals surface area contributed by atoms with Gasteiger partial charge in [-0.2, -0.15) is 5.10 Å². The van der Waals surface area contributed by atoms with E-state index >= 15 is 0 Å². The minimum atomic E-state index is -0.0937. The van der Waals surface area contributed by atoms with Crippen molar-refractivity contribution >= 4 is 5.91 Å². The largest absolute Gasteiger partial charge is 0.497 e. The minimum Gasteiger partial charge on any atom is -0.497 e. The summed E-state index contributed by atoms with van der Waals surface area (Å²) in [6.45, 7) is 3.54. The van der Waals surface area contributed by atoms with Crippen LogP contribution in [0, 0.1) is 6.92 Å². The van der Waals surface area contributed by atoms with Gasteiger partial charge in [0, 0.05) is 31.3 Å². The highest BCUT2D eigenvalue weighted by Crippen LogP contribution is 2.35. The minimum absolute atomic E-state index is 0.0115. The fourth-order valence-corrected chi connectivity index (χ4v) is 4.82. The maximum atomic E-state index is 13.9. The highest BCUT2D eigenvalue weighted by molar-refractivity contribution is 5.94. The van der Waals surface area contributed by atoms with Crippen LogP contribution in [0.2, 0.25) is 0 Å². The molecule has 0 aliphatic carbocycles. The summed E-state index contributed by atoms with van der Waals surface area (Å²) in [5.41, 5.74) is 4.25. The summed E-state index contributed by atoms with van der Waals surface area (Å²) >= 11 is 0. The van der Waals surface area contributed by atoms with Crippen molar-refractivity contribution in [2.24, 2.45) is 7.05 Å². The molecule has 1 atom stereocenters. The molecule has 5 rings (SSSR count). The third-order valence-corrected chi connectivity index (χ3v) is 6.74. The normalized spacial score (nSPS) is 14.9. The Bertz CT molecular complexity index is 1390. The molecule has 4 aromatic rings. The van der Waals surface area contributed by atoms with Crippen LogP contribution in [0.25, 0.3) is 11.3 Å². The van der Waals surface area contributed by atoms with Crippen molar-refractivity contribution in [3.63, 3.8) is 0 Å². The molecule has 1 aliphatic heterocycles. The predicted molar refractivity (Wildman–Crippen MR) is 147 cm³/mol. The Morgan fingerprint density at radius 3 is 2.58 bits per heavy atom. The number of hydrogen-bond acceptors (Lipinski definition) is 5. The van der Waals surface area contributed by atoms with Crippen molar-refractivity contribution in [2.75, 3.05) is 20.3 Å². The third-order valence-electron chi connectivity index (χ3n) is 6.74. The summed E-state index contributed by atoms with van der Waals surface area (Å²) in [5, 5.41) is 4.85. The molecule has 0 saturated carbocycles. The Morgan fingerprint density at radius 2 is 1.84 bits per heavy atom. The molecule has 0 bridgehead atoms. The molecule has 196 valence electrons. The van der Waals surface area contributed by atoms with Crippen LogP contribution in [-0.2, 0) is 18.3 Å². The van der Waals surface area contributed by atoms with Crippen molar-refractivity contribution in [3.05, 3.63) is 95.6 Å². The molecule has 38 heavy (non-hydrogen) atoms. The number of aryl methyl sites for hydroxylation is 2. The molecular formula is C31H33N3O4. The fourth-order valence-electron chi connectivity index (χ4n) is 4.82. The number of methoxy groups -OCH3 is 1. The lowest BCUT2D eigenvalue weighted by molar-refractivity contribution is 0.0506. The Labute approximate surface area is 223 Å². The van der Waals surface area contributed by atoms with Crippen LogP contribution in [0.15, 0.2) is 78.9 Å². The molecule has 7 nitrogen and oxygen atoms in total. The molecule has 1 fully saturated rings. The van der Waals surface area contributed by atoms with E-state index in [2.05, 4.69) is 0 Å². The maximum Gasteiger partial charge on any atom is 0.254 e. The first-order valence-electron chi connectivity index (χ1n) is 12.9.